The minimum atomic E-state index is -3.39. The first kappa shape index (κ1) is 13.8. The molecule has 8 heteroatoms. The van der Waals surface area contributed by atoms with E-state index in [1.165, 1.54) is 21.4 Å². The second-order valence-corrected chi connectivity index (χ2v) is 6.60. The number of aryl methyl sites for hydroxylation is 1. The largest absolute Gasteiger partial charge is 0.300 e. The molecule has 0 unspecified atom stereocenters. The molecule has 1 aromatic heterocycles. The molecule has 1 aliphatic rings. The monoisotopic (exact) mass is 292 g/mol. The molecule has 0 saturated carbocycles. The SMILES string of the molecule is Cn1cc(S(=O)(=O)N2CCN(CCCl)CC2)cn1. The molecular weight excluding hydrogens is 276 g/mol. The summed E-state index contributed by atoms with van der Waals surface area (Å²) in [6.07, 6.45) is 2.92. The fraction of sp³-hybridized carbons (Fsp3) is 0.700. The molecule has 2 heterocycles. The number of nitrogens with zero attached hydrogens (tertiary/aromatic N) is 4. The predicted octanol–water partition coefficient (Wildman–Crippen LogP) is -0.0348. The summed E-state index contributed by atoms with van der Waals surface area (Å²) in [4.78, 5) is 2.43. The Hall–Kier alpha value is -0.630. The van der Waals surface area contributed by atoms with E-state index in [9.17, 15) is 8.42 Å². The van der Waals surface area contributed by atoms with Crippen molar-refractivity contribution in [3.63, 3.8) is 0 Å². The normalized spacial score (nSPS) is 19.2. The first-order valence-corrected chi connectivity index (χ1v) is 7.78. The van der Waals surface area contributed by atoms with E-state index in [1.807, 2.05) is 0 Å². The van der Waals surface area contributed by atoms with Crippen LogP contribution >= 0.6 is 11.6 Å². The zero-order chi connectivity index (χ0) is 13.2. The first-order chi connectivity index (χ1) is 8.54. The molecule has 1 fully saturated rings. The summed E-state index contributed by atoms with van der Waals surface area (Å²) in [5.74, 6) is 0.579. The number of hydrogen-bond acceptors (Lipinski definition) is 4. The Kier molecular flexibility index (Phi) is 4.26. The smallest absolute Gasteiger partial charge is 0.246 e. The van der Waals surface area contributed by atoms with Crippen LogP contribution in [0.2, 0.25) is 0 Å². The molecular formula is C10H17ClN4O2S. The Bertz CT molecular complexity index is 494. The van der Waals surface area contributed by atoms with Gasteiger partial charge in [0.1, 0.15) is 4.90 Å². The third-order valence-corrected chi connectivity index (χ3v) is 5.07. The Morgan fingerprint density at radius 1 is 1.33 bits per heavy atom. The molecule has 0 bridgehead atoms. The Balaban J connectivity index is 2.05. The number of alkyl halides is 1. The maximum atomic E-state index is 12.3. The standard InChI is InChI=1S/C10H17ClN4O2S/c1-13-9-10(8-12-13)18(16,17)15-6-4-14(3-2-11)5-7-15/h8-9H,2-7H2,1H3. The fourth-order valence-electron chi connectivity index (χ4n) is 1.99. The van der Waals surface area contributed by atoms with Gasteiger partial charge in [0.05, 0.1) is 6.20 Å². The molecule has 0 aliphatic carbocycles. The summed E-state index contributed by atoms with van der Waals surface area (Å²) in [5, 5.41) is 3.91. The van der Waals surface area contributed by atoms with Crippen LogP contribution in [0.25, 0.3) is 0 Å². The number of sulfonamides is 1. The lowest BCUT2D eigenvalue weighted by molar-refractivity contribution is 0.197. The quantitative estimate of drug-likeness (QED) is 0.731. The average Bonchev–Trinajstić information content (AvgIpc) is 2.78. The van der Waals surface area contributed by atoms with E-state index in [1.54, 1.807) is 7.05 Å². The van der Waals surface area contributed by atoms with E-state index in [2.05, 4.69) is 10.00 Å². The third kappa shape index (κ3) is 2.85. The van der Waals surface area contributed by atoms with Crippen LogP contribution in [0, 0.1) is 0 Å². The van der Waals surface area contributed by atoms with Gasteiger partial charge in [-0.1, -0.05) is 0 Å². The van der Waals surface area contributed by atoms with Crippen LogP contribution < -0.4 is 0 Å². The van der Waals surface area contributed by atoms with E-state index in [0.717, 1.165) is 19.6 Å². The van der Waals surface area contributed by atoms with E-state index in [4.69, 9.17) is 11.6 Å². The lowest BCUT2D eigenvalue weighted by atomic mass is 10.4. The van der Waals surface area contributed by atoms with E-state index in [0.29, 0.717) is 19.0 Å². The van der Waals surface area contributed by atoms with Crippen molar-refractivity contribution in [1.29, 1.82) is 0 Å². The number of rotatable bonds is 4. The van der Waals surface area contributed by atoms with Crippen molar-refractivity contribution in [3.8, 4) is 0 Å². The molecule has 2 rings (SSSR count). The van der Waals surface area contributed by atoms with E-state index >= 15 is 0 Å². The molecule has 0 aromatic carbocycles. The first-order valence-electron chi connectivity index (χ1n) is 5.81. The summed E-state index contributed by atoms with van der Waals surface area (Å²) in [7, 11) is -1.68. The van der Waals surface area contributed by atoms with E-state index < -0.39 is 10.0 Å². The van der Waals surface area contributed by atoms with Crippen LogP contribution in [0.3, 0.4) is 0 Å². The van der Waals surface area contributed by atoms with Crippen molar-refractivity contribution in [1.82, 2.24) is 19.0 Å². The fourth-order valence-corrected chi connectivity index (χ4v) is 3.64. The summed E-state index contributed by atoms with van der Waals surface area (Å²) < 4.78 is 27.6. The molecule has 18 heavy (non-hydrogen) atoms. The molecule has 1 aromatic rings. The Labute approximate surface area is 112 Å². The number of halogens is 1. The number of piperazine rings is 1. The summed E-state index contributed by atoms with van der Waals surface area (Å²) in [6.45, 7) is 3.28. The Morgan fingerprint density at radius 2 is 2.00 bits per heavy atom. The minimum Gasteiger partial charge on any atom is -0.300 e. The van der Waals surface area contributed by atoms with Gasteiger partial charge in [-0.25, -0.2) is 8.42 Å². The number of aromatic nitrogens is 2. The molecule has 1 saturated heterocycles. The maximum absolute atomic E-state index is 12.3. The Morgan fingerprint density at radius 3 is 2.50 bits per heavy atom. The summed E-state index contributed by atoms with van der Waals surface area (Å²) in [6, 6.07) is 0. The number of hydrogen-bond donors (Lipinski definition) is 0. The zero-order valence-electron chi connectivity index (χ0n) is 10.3. The zero-order valence-corrected chi connectivity index (χ0v) is 11.9. The molecule has 1 aliphatic heterocycles. The van der Waals surface area contributed by atoms with Gasteiger partial charge >= 0.3 is 0 Å². The van der Waals surface area contributed by atoms with Crippen LogP contribution in [0.15, 0.2) is 17.3 Å². The highest BCUT2D eigenvalue weighted by atomic mass is 35.5. The molecule has 0 spiro atoms. The molecule has 0 atom stereocenters. The molecule has 0 radical (unpaired) electrons. The van der Waals surface area contributed by atoms with Gasteiger partial charge in [0.15, 0.2) is 0 Å². The predicted molar refractivity (Wildman–Crippen MR) is 69.1 cm³/mol. The van der Waals surface area contributed by atoms with Crippen molar-refractivity contribution < 1.29 is 8.42 Å². The van der Waals surface area contributed by atoms with Crippen LogP contribution in [0.5, 0.6) is 0 Å². The minimum absolute atomic E-state index is 0.260. The van der Waals surface area contributed by atoms with Gasteiger partial charge in [0.2, 0.25) is 10.0 Å². The van der Waals surface area contributed by atoms with Crippen molar-refractivity contribution in [3.05, 3.63) is 12.4 Å². The van der Waals surface area contributed by atoms with Gasteiger partial charge in [0.25, 0.3) is 0 Å². The second kappa shape index (κ2) is 5.56. The lowest BCUT2D eigenvalue weighted by Gasteiger charge is -2.33. The van der Waals surface area contributed by atoms with Gasteiger partial charge in [-0.3, -0.25) is 9.58 Å². The van der Waals surface area contributed by atoms with Crippen LogP contribution in [0.1, 0.15) is 0 Å². The van der Waals surface area contributed by atoms with Gasteiger partial charge in [-0.2, -0.15) is 9.40 Å². The highest BCUT2D eigenvalue weighted by Crippen LogP contribution is 2.16. The molecule has 6 nitrogen and oxygen atoms in total. The van der Waals surface area contributed by atoms with Gasteiger partial charge in [-0.15, -0.1) is 11.6 Å². The van der Waals surface area contributed by atoms with Gasteiger partial charge in [-0.05, 0) is 0 Å². The van der Waals surface area contributed by atoms with Gasteiger partial charge in [0, 0.05) is 51.8 Å². The van der Waals surface area contributed by atoms with Crippen LogP contribution in [-0.2, 0) is 17.1 Å². The maximum Gasteiger partial charge on any atom is 0.246 e. The van der Waals surface area contributed by atoms with Gasteiger partial charge < -0.3 is 0 Å². The lowest BCUT2D eigenvalue weighted by Crippen LogP contribution is -2.48. The highest BCUT2D eigenvalue weighted by molar-refractivity contribution is 7.89. The third-order valence-electron chi connectivity index (χ3n) is 3.05. The molecule has 0 amide bonds. The highest BCUT2D eigenvalue weighted by Gasteiger charge is 2.29. The second-order valence-electron chi connectivity index (χ2n) is 4.28. The van der Waals surface area contributed by atoms with Crippen LogP contribution in [-0.4, -0.2) is 66.0 Å². The van der Waals surface area contributed by atoms with Crippen molar-refractivity contribution in [2.45, 2.75) is 4.90 Å². The van der Waals surface area contributed by atoms with Crippen molar-refractivity contribution in [2.24, 2.45) is 7.05 Å². The summed E-state index contributed by atoms with van der Waals surface area (Å²) >= 11 is 5.68. The molecule has 0 N–H and O–H groups in total. The van der Waals surface area contributed by atoms with E-state index in [-0.39, 0.29) is 4.90 Å². The molecule has 102 valence electrons. The average molecular weight is 293 g/mol. The van der Waals surface area contributed by atoms with Crippen molar-refractivity contribution in [2.75, 3.05) is 38.6 Å². The van der Waals surface area contributed by atoms with Crippen molar-refractivity contribution >= 4 is 21.6 Å². The summed E-state index contributed by atoms with van der Waals surface area (Å²) in [5.41, 5.74) is 0. The van der Waals surface area contributed by atoms with Crippen LogP contribution in [0.4, 0.5) is 0 Å². The topological polar surface area (TPSA) is 58.4 Å².